The first-order valence-corrected chi connectivity index (χ1v) is 4.26. The first-order chi connectivity index (χ1) is 7.43. The summed E-state index contributed by atoms with van der Waals surface area (Å²) in [4.78, 5) is 20.2. The minimum atomic E-state index is -1.37. The minimum absolute atomic E-state index is 0.604. The van der Waals surface area contributed by atoms with Gasteiger partial charge in [0.15, 0.2) is 11.9 Å². The second kappa shape index (κ2) is 4.56. The monoisotopic (exact) mass is 229 g/mol. The van der Waals surface area contributed by atoms with Crippen molar-refractivity contribution in [3.05, 3.63) is 34.1 Å². The molecule has 0 amide bonds. The molecule has 7 heteroatoms. The van der Waals surface area contributed by atoms with Gasteiger partial charge in [-0.2, -0.15) is 0 Å². The van der Waals surface area contributed by atoms with Crippen molar-refractivity contribution >= 4 is 11.7 Å². The number of hydrogen-bond donors (Lipinski definition) is 1. The van der Waals surface area contributed by atoms with Crippen LogP contribution < -0.4 is 4.74 Å². The van der Waals surface area contributed by atoms with Crippen molar-refractivity contribution in [1.82, 2.24) is 0 Å². The lowest BCUT2D eigenvalue weighted by atomic mass is 10.3. The molecule has 0 spiro atoms. The fourth-order valence-corrected chi connectivity index (χ4v) is 0.985. The highest BCUT2D eigenvalue weighted by atomic mass is 19.1. The number of carboxylic acid groups (broad SMARTS) is 1. The van der Waals surface area contributed by atoms with Gasteiger partial charge in [0.25, 0.3) is 0 Å². The summed E-state index contributed by atoms with van der Waals surface area (Å²) < 4.78 is 17.9. The molecule has 0 bridgehead atoms. The van der Waals surface area contributed by atoms with Gasteiger partial charge in [0.1, 0.15) is 0 Å². The molecule has 0 saturated heterocycles. The van der Waals surface area contributed by atoms with Gasteiger partial charge >= 0.3 is 11.7 Å². The number of hydrogen-bond acceptors (Lipinski definition) is 4. The van der Waals surface area contributed by atoms with Gasteiger partial charge in [-0.25, -0.2) is 9.18 Å². The van der Waals surface area contributed by atoms with Gasteiger partial charge in [-0.15, -0.1) is 0 Å². The van der Waals surface area contributed by atoms with Crippen molar-refractivity contribution in [3.63, 3.8) is 0 Å². The fourth-order valence-electron chi connectivity index (χ4n) is 0.985. The summed E-state index contributed by atoms with van der Waals surface area (Å²) >= 11 is 0. The SMILES string of the molecule is C[C@H](Oc1c(F)cccc1[N+](=O)[O-])C(=O)O. The van der Waals surface area contributed by atoms with E-state index in [-0.39, 0.29) is 0 Å². The average Bonchev–Trinajstić information content (AvgIpc) is 2.20. The molecule has 6 nitrogen and oxygen atoms in total. The number of nitro groups is 1. The molecule has 16 heavy (non-hydrogen) atoms. The maximum atomic E-state index is 13.2. The molecule has 0 aliphatic carbocycles. The number of rotatable bonds is 4. The van der Waals surface area contributed by atoms with E-state index in [9.17, 15) is 19.3 Å². The van der Waals surface area contributed by atoms with E-state index in [1.165, 1.54) is 0 Å². The van der Waals surface area contributed by atoms with E-state index in [1.807, 2.05) is 0 Å². The number of nitro benzene ring substituents is 1. The van der Waals surface area contributed by atoms with E-state index in [1.54, 1.807) is 0 Å². The largest absolute Gasteiger partial charge is 0.479 e. The van der Waals surface area contributed by atoms with Crippen LogP contribution in [0.4, 0.5) is 10.1 Å². The number of carboxylic acids is 1. The lowest BCUT2D eigenvalue weighted by molar-refractivity contribution is -0.386. The molecule has 1 atom stereocenters. The van der Waals surface area contributed by atoms with Crippen LogP contribution in [0.2, 0.25) is 0 Å². The molecule has 1 N–H and O–H groups in total. The highest BCUT2D eigenvalue weighted by Crippen LogP contribution is 2.30. The van der Waals surface area contributed by atoms with E-state index in [4.69, 9.17) is 5.11 Å². The third kappa shape index (κ3) is 2.44. The first kappa shape index (κ1) is 11.9. The van der Waals surface area contributed by atoms with Crippen molar-refractivity contribution in [2.45, 2.75) is 13.0 Å². The van der Waals surface area contributed by atoms with Crippen molar-refractivity contribution in [3.8, 4) is 5.75 Å². The van der Waals surface area contributed by atoms with E-state index >= 15 is 0 Å². The van der Waals surface area contributed by atoms with Crippen LogP contribution in [0.15, 0.2) is 18.2 Å². The standard InChI is InChI=1S/C9H8FNO5/c1-5(9(12)13)16-8-6(10)3-2-4-7(8)11(14)15/h2-5H,1H3,(H,12,13)/t5-/m0/s1. The number of para-hydroxylation sites is 1. The van der Waals surface area contributed by atoms with Gasteiger partial charge in [0, 0.05) is 6.07 Å². The number of aliphatic carboxylic acids is 1. The molecule has 86 valence electrons. The van der Waals surface area contributed by atoms with Gasteiger partial charge in [-0.1, -0.05) is 6.07 Å². The Kier molecular flexibility index (Phi) is 3.39. The number of benzene rings is 1. The molecule has 0 aromatic heterocycles. The predicted octanol–water partition coefficient (Wildman–Crippen LogP) is 1.59. The first-order valence-electron chi connectivity index (χ1n) is 4.26. The quantitative estimate of drug-likeness (QED) is 0.625. The van der Waals surface area contributed by atoms with Gasteiger partial charge in [0.05, 0.1) is 4.92 Å². The fraction of sp³-hybridized carbons (Fsp3) is 0.222. The Morgan fingerprint density at radius 2 is 2.25 bits per heavy atom. The van der Waals surface area contributed by atoms with Crippen LogP contribution in [0.1, 0.15) is 6.92 Å². The molecule has 0 saturated carbocycles. The Morgan fingerprint density at radius 3 is 2.75 bits per heavy atom. The van der Waals surface area contributed by atoms with Gasteiger partial charge in [-0.05, 0) is 13.0 Å². The third-order valence-corrected chi connectivity index (χ3v) is 1.79. The van der Waals surface area contributed by atoms with Crippen molar-refractivity contribution in [2.75, 3.05) is 0 Å². The smallest absolute Gasteiger partial charge is 0.344 e. The Bertz CT molecular complexity index is 434. The molecule has 0 fully saturated rings. The van der Waals surface area contributed by atoms with E-state index in [2.05, 4.69) is 4.74 Å². The van der Waals surface area contributed by atoms with Crippen LogP contribution in [0.5, 0.6) is 5.75 Å². The van der Waals surface area contributed by atoms with Crippen LogP contribution in [-0.4, -0.2) is 22.1 Å². The lowest BCUT2D eigenvalue weighted by Crippen LogP contribution is -2.23. The summed E-state index contributed by atoms with van der Waals surface area (Å²) in [7, 11) is 0. The Morgan fingerprint density at radius 1 is 1.62 bits per heavy atom. The summed E-state index contributed by atoms with van der Waals surface area (Å²) in [5.74, 6) is -2.97. The van der Waals surface area contributed by atoms with E-state index < -0.39 is 34.3 Å². The maximum Gasteiger partial charge on any atom is 0.344 e. The van der Waals surface area contributed by atoms with Crippen LogP contribution in [0, 0.1) is 15.9 Å². The Balaban J connectivity index is 3.11. The van der Waals surface area contributed by atoms with Crippen molar-refractivity contribution < 1.29 is 24.0 Å². The second-order valence-electron chi connectivity index (χ2n) is 2.94. The van der Waals surface area contributed by atoms with Crippen molar-refractivity contribution in [1.29, 1.82) is 0 Å². The topological polar surface area (TPSA) is 89.7 Å². The maximum absolute atomic E-state index is 13.2. The van der Waals surface area contributed by atoms with Crippen LogP contribution >= 0.6 is 0 Å². The number of nitrogens with zero attached hydrogens (tertiary/aromatic N) is 1. The molecular formula is C9H8FNO5. The third-order valence-electron chi connectivity index (χ3n) is 1.79. The van der Waals surface area contributed by atoms with E-state index in [0.29, 0.717) is 0 Å². The normalized spacial score (nSPS) is 11.9. The van der Waals surface area contributed by atoms with Crippen LogP contribution in [0.25, 0.3) is 0 Å². The predicted molar refractivity (Wildman–Crippen MR) is 50.8 cm³/mol. The molecule has 1 aromatic rings. The zero-order valence-corrected chi connectivity index (χ0v) is 8.21. The van der Waals surface area contributed by atoms with Gasteiger partial charge < -0.3 is 9.84 Å². The zero-order chi connectivity index (χ0) is 12.3. The molecule has 0 radical (unpaired) electrons. The molecule has 0 unspecified atom stereocenters. The van der Waals surface area contributed by atoms with Gasteiger partial charge in [-0.3, -0.25) is 10.1 Å². The molecule has 0 heterocycles. The summed E-state index contributed by atoms with van der Waals surface area (Å²) in [6, 6.07) is 3.13. The van der Waals surface area contributed by atoms with Crippen molar-refractivity contribution in [2.24, 2.45) is 0 Å². The second-order valence-corrected chi connectivity index (χ2v) is 2.94. The number of halogens is 1. The Labute approximate surface area is 89.4 Å². The summed E-state index contributed by atoms with van der Waals surface area (Å²) in [6.07, 6.45) is -1.37. The summed E-state index contributed by atoms with van der Waals surface area (Å²) in [5, 5.41) is 19.1. The highest BCUT2D eigenvalue weighted by molar-refractivity contribution is 5.72. The Hall–Kier alpha value is -2.18. The molecule has 1 aromatic carbocycles. The summed E-state index contributed by atoms with van der Waals surface area (Å²) in [5.41, 5.74) is -0.604. The summed E-state index contributed by atoms with van der Waals surface area (Å²) in [6.45, 7) is 1.15. The zero-order valence-electron chi connectivity index (χ0n) is 8.21. The molecule has 0 aliphatic heterocycles. The minimum Gasteiger partial charge on any atom is -0.479 e. The molecule has 1 rings (SSSR count). The number of ether oxygens (including phenoxy) is 1. The average molecular weight is 229 g/mol. The lowest BCUT2D eigenvalue weighted by Gasteiger charge is -2.10. The van der Waals surface area contributed by atoms with E-state index in [0.717, 1.165) is 25.1 Å². The highest BCUT2D eigenvalue weighted by Gasteiger charge is 2.23. The van der Waals surface area contributed by atoms with Crippen LogP contribution in [0.3, 0.4) is 0 Å². The number of carbonyl (C=O) groups is 1. The van der Waals surface area contributed by atoms with Crippen LogP contribution in [-0.2, 0) is 4.79 Å². The molecular weight excluding hydrogens is 221 g/mol. The molecule has 0 aliphatic rings. The van der Waals surface area contributed by atoms with Gasteiger partial charge in [0.2, 0.25) is 5.75 Å².